The van der Waals surface area contributed by atoms with E-state index in [0.29, 0.717) is 0 Å². The first-order valence-corrected chi connectivity index (χ1v) is 7.35. The maximum absolute atomic E-state index is 12.1. The molecule has 2 aromatic carbocycles. The maximum atomic E-state index is 12.1. The average Bonchev–Trinajstić information content (AvgIpc) is 2.64. The lowest BCUT2D eigenvalue weighted by Crippen LogP contribution is -2.19. The molecule has 0 saturated carbocycles. The van der Waals surface area contributed by atoms with E-state index in [0.717, 1.165) is 0 Å². The molecule has 0 saturated heterocycles. The van der Waals surface area contributed by atoms with Gasteiger partial charge in [0.25, 0.3) is 0 Å². The van der Waals surface area contributed by atoms with Gasteiger partial charge in [0.15, 0.2) is 19.0 Å². The fraction of sp³-hybridized carbons (Fsp3) is 0.167. The summed E-state index contributed by atoms with van der Waals surface area (Å²) in [4.78, 5) is 23.5. The van der Waals surface area contributed by atoms with Crippen LogP contribution in [-0.2, 0) is 9.53 Å². The number of benzene rings is 2. The van der Waals surface area contributed by atoms with Crippen molar-refractivity contribution in [3.05, 3.63) is 59.7 Å². The van der Waals surface area contributed by atoms with E-state index in [9.17, 15) is 18.4 Å². The minimum atomic E-state index is -2.95. The summed E-state index contributed by atoms with van der Waals surface area (Å²) < 4.78 is 38.3. The highest BCUT2D eigenvalue weighted by atomic mass is 19.3. The summed E-state index contributed by atoms with van der Waals surface area (Å²) in [6.45, 7) is -3.95. The van der Waals surface area contributed by atoms with Crippen molar-refractivity contribution in [1.29, 1.82) is 5.26 Å². The number of ether oxygens (including phenoxy) is 3. The van der Waals surface area contributed by atoms with Crippen molar-refractivity contribution in [2.45, 2.75) is 6.61 Å². The number of alkyl halides is 2. The van der Waals surface area contributed by atoms with Crippen molar-refractivity contribution < 1.29 is 32.6 Å². The van der Waals surface area contributed by atoms with Crippen LogP contribution in [0.15, 0.2) is 48.5 Å². The largest absolute Gasteiger partial charge is 0.481 e. The molecule has 0 aliphatic heterocycles. The van der Waals surface area contributed by atoms with Crippen LogP contribution in [0.4, 0.5) is 8.78 Å². The SMILES string of the molecule is N#Cc1ccccc1OCC(=O)OCC(=O)c1ccc(OC(F)F)cc1. The Morgan fingerprint density at radius 2 is 1.73 bits per heavy atom. The van der Waals surface area contributed by atoms with Gasteiger partial charge in [0.1, 0.15) is 17.6 Å². The summed E-state index contributed by atoms with van der Waals surface area (Å²) >= 11 is 0. The number of ketones is 1. The lowest BCUT2D eigenvalue weighted by molar-refractivity contribution is -0.144. The first kappa shape index (κ1) is 18.9. The van der Waals surface area contributed by atoms with E-state index in [1.165, 1.54) is 36.4 Å². The molecule has 0 aliphatic rings. The van der Waals surface area contributed by atoms with Gasteiger partial charge < -0.3 is 14.2 Å². The Labute approximate surface area is 147 Å². The summed E-state index contributed by atoms with van der Waals surface area (Å²) in [6.07, 6.45) is 0. The first-order chi connectivity index (χ1) is 12.5. The standard InChI is InChI=1S/C18H13F2NO5/c19-18(20)26-14-7-5-12(6-8-14)15(22)10-25-17(23)11-24-16-4-2-1-3-13(16)9-21/h1-8,18H,10-11H2. The molecule has 6 nitrogen and oxygen atoms in total. The van der Waals surface area contributed by atoms with Crippen molar-refractivity contribution in [2.24, 2.45) is 0 Å². The zero-order chi connectivity index (χ0) is 18.9. The highest BCUT2D eigenvalue weighted by Crippen LogP contribution is 2.17. The van der Waals surface area contributed by atoms with Crippen LogP contribution in [0.1, 0.15) is 15.9 Å². The molecule has 2 rings (SSSR count). The van der Waals surface area contributed by atoms with Crippen LogP contribution < -0.4 is 9.47 Å². The van der Waals surface area contributed by atoms with E-state index in [1.807, 2.05) is 6.07 Å². The minimum absolute atomic E-state index is 0.0851. The van der Waals surface area contributed by atoms with E-state index >= 15 is 0 Å². The number of esters is 1. The van der Waals surface area contributed by atoms with E-state index in [4.69, 9.17) is 14.7 Å². The third-order valence-corrected chi connectivity index (χ3v) is 3.12. The van der Waals surface area contributed by atoms with Gasteiger partial charge in [0, 0.05) is 5.56 Å². The molecular weight excluding hydrogens is 348 g/mol. The molecular formula is C18H13F2NO5. The predicted octanol–water partition coefficient (Wildman–Crippen LogP) is 2.96. The molecule has 0 bridgehead atoms. The molecule has 8 heteroatoms. The van der Waals surface area contributed by atoms with Gasteiger partial charge in [-0.2, -0.15) is 14.0 Å². The van der Waals surface area contributed by atoms with E-state index < -0.39 is 31.6 Å². The zero-order valence-electron chi connectivity index (χ0n) is 13.4. The zero-order valence-corrected chi connectivity index (χ0v) is 13.4. The van der Waals surface area contributed by atoms with E-state index in [2.05, 4.69) is 4.74 Å². The van der Waals surface area contributed by atoms with Gasteiger partial charge in [-0.25, -0.2) is 4.79 Å². The predicted molar refractivity (Wildman–Crippen MR) is 85.0 cm³/mol. The Kier molecular flexibility index (Phi) is 6.62. The second kappa shape index (κ2) is 9.13. The van der Waals surface area contributed by atoms with Crippen molar-refractivity contribution in [3.63, 3.8) is 0 Å². The van der Waals surface area contributed by atoms with Gasteiger partial charge in [-0.1, -0.05) is 12.1 Å². The summed E-state index contributed by atoms with van der Waals surface area (Å²) in [5.41, 5.74) is 0.442. The Morgan fingerprint density at radius 3 is 2.38 bits per heavy atom. The Bertz CT molecular complexity index is 815. The van der Waals surface area contributed by atoms with Crippen LogP contribution in [0.3, 0.4) is 0 Å². The molecule has 0 unspecified atom stereocenters. The number of hydrogen-bond donors (Lipinski definition) is 0. The minimum Gasteiger partial charge on any atom is -0.481 e. The molecule has 0 spiro atoms. The van der Waals surface area contributed by atoms with Gasteiger partial charge >= 0.3 is 12.6 Å². The molecule has 0 aliphatic carbocycles. The lowest BCUT2D eigenvalue weighted by atomic mass is 10.1. The highest BCUT2D eigenvalue weighted by molar-refractivity contribution is 5.98. The van der Waals surface area contributed by atoms with E-state index in [1.54, 1.807) is 12.1 Å². The number of para-hydroxylation sites is 1. The third-order valence-electron chi connectivity index (χ3n) is 3.12. The number of nitrogens with zero attached hydrogens (tertiary/aromatic N) is 1. The van der Waals surface area contributed by atoms with Crippen LogP contribution >= 0.6 is 0 Å². The van der Waals surface area contributed by atoms with Gasteiger partial charge in [0.2, 0.25) is 0 Å². The van der Waals surface area contributed by atoms with Crippen molar-refractivity contribution in [3.8, 4) is 17.6 Å². The second-order valence-corrected chi connectivity index (χ2v) is 4.88. The summed E-state index contributed by atoms with van der Waals surface area (Å²) in [6, 6.07) is 13.3. The number of nitriles is 1. The summed E-state index contributed by atoms with van der Waals surface area (Å²) in [5, 5.41) is 8.91. The molecule has 0 atom stereocenters. The van der Waals surface area contributed by atoms with Gasteiger partial charge in [-0.3, -0.25) is 4.79 Å². The van der Waals surface area contributed by atoms with Crippen molar-refractivity contribution >= 4 is 11.8 Å². The Morgan fingerprint density at radius 1 is 1.04 bits per heavy atom. The molecule has 0 heterocycles. The molecule has 0 fully saturated rings. The highest BCUT2D eigenvalue weighted by Gasteiger charge is 2.12. The number of hydrogen-bond acceptors (Lipinski definition) is 6. The molecule has 0 radical (unpaired) electrons. The number of Topliss-reactive ketones (excluding diaryl/α,β-unsaturated/α-hetero) is 1. The number of carbonyl (C=O) groups is 2. The average molecular weight is 361 g/mol. The molecule has 0 N–H and O–H groups in total. The lowest BCUT2D eigenvalue weighted by Gasteiger charge is -2.08. The smallest absolute Gasteiger partial charge is 0.387 e. The Balaban J connectivity index is 1.81. The monoisotopic (exact) mass is 361 g/mol. The van der Waals surface area contributed by atoms with Crippen LogP contribution in [0.5, 0.6) is 11.5 Å². The molecule has 0 aromatic heterocycles. The topological polar surface area (TPSA) is 85.6 Å². The van der Waals surface area contributed by atoms with Crippen molar-refractivity contribution in [1.82, 2.24) is 0 Å². The first-order valence-electron chi connectivity index (χ1n) is 7.35. The van der Waals surface area contributed by atoms with Crippen LogP contribution in [0.2, 0.25) is 0 Å². The molecule has 0 amide bonds. The number of rotatable bonds is 8. The van der Waals surface area contributed by atoms with Gasteiger partial charge in [0.05, 0.1) is 5.56 Å². The number of halogens is 2. The van der Waals surface area contributed by atoms with Crippen LogP contribution in [0, 0.1) is 11.3 Å². The fourth-order valence-corrected chi connectivity index (χ4v) is 1.91. The van der Waals surface area contributed by atoms with Crippen molar-refractivity contribution in [2.75, 3.05) is 13.2 Å². The van der Waals surface area contributed by atoms with Gasteiger partial charge in [-0.05, 0) is 36.4 Å². The maximum Gasteiger partial charge on any atom is 0.387 e. The van der Waals surface area contributed by atoms with Crippen LogP contribution in [-0.4, -0.2) is 31.6 Å². The molecule has 26 heavy (non-hydrogen) atoms. The van der Waals surface area contributed by atoms with E-state index in [-0.39, 0.29) is 22.6 Å². The molecule has 134 valence electrons. The quantitative estimate of drug-likeness (QED) is 0.531. The normalized spacial score (nSPS) is 10.1. The molecule has 2 aromatic rings. The third kappa shape index (κ3) is 5.56. The summed E-state index contributed by atoms with van der Waals surface area (Å²) in [5.74, 6) is -1.16. The second-order valence-electron chi connectivity index (χ2n) is 4.88. The Hall–Kier alpha value is -3.47. The summed E-state index contributed by atoms with van der Waals surface area (Å²) in [7, 11) is 0. The van der Waals surface area contributed by atoms with Crippen LogP contribution in [0.25, 0.3) is 0 Å². The van der Waals surface area contributed by atoms with Gasteiger partial charge in [-0.15, -0.1) is 0 Å². The fourth-order valence-electron chi connectivity index (χ4n) is 1.91. The number of carbonyl (C=O) groups excluding carboxylic acids is 2.